The minimum Gasteiger partial charge on any atom is -0.466 e. The van der Waals surface area contributed by atoms with Gasteiger partial charge in [0.2, 0.25) is 0 Å². The summed E-state index contributed by atoms with van der Waals surface area (Å²) < 4.78 is 46.3. The SMILES string of the molecule is CCOC(=O)C1CCN(C(=O)c2c(C)c(C)c(C)n2Cc2cccc(C(F)(F)F)c2)CC1. The van der Waals surface area contributed by atoms with Crippen molar-refractivity contribution in [2.75, 3.05) is 19.7 Å². The fourth-order valence-electron chi connectivity index (χ4n) is 4.25. The van der Waals surface area contributed by atoms with Gasteiger partial charge in [0.25, 0.3) is 5.91 Å². The number of hydrogen-bond acceptors (Lipinski definition) is 3. The lowest BCUT2D eigenvalue weighted by Gasteiger charge is -2.31. The number of ether oxygens (including phenoxy) is 1. The van der Waals surface area contributed by atoms with Crippen molar-refractivity contribution in [3.05, 3.63) is 57.9 Å². The second-order valence-corrected chi connectivity index (χ2v) is 8.29. The number of carbonyl (C=O) groups excluding carboxylic acids is 2. The Kier molecular flexibility index (Phi) is 7.00. The molecule has 1 aliphatic rings. The normalized spacial score (nSPS) is 15.2. The standard InChI is InChI=1S/C24H29F3N2O3/c1-5-32-23(31)19-9-11-28(12-10-19)22(30)21-16(3)15(2)17(4)29(21)14-18-7-6-8-20(13-18)24(25,26)27/h6-8,13,19H,5,9-12,14H2,1-4H3. The molecule has 5 nitrogen and oxygen atoms in total. The summed E-state index contributed by atoms with van der Waals surface area (Å²) in [5.41, 5.74) is 2.89. The van der Waals surface area contributed by atoms with Crippen LogP contribution in [0.5, 0.6) is 0 Å². The summed E-state index contributed by atoms with van der Waals surface area (Å²) in [6.45, 7) is 8.80. The Morgan fingerprint density at radius 1 is 1.09 bits per heavy atom. The van der Waals surface area contributed by atoms with E-state index in [1.165, 1.54) is 6.07 Å². The van der Waals surface area contributed by atoms with Crippen LogP contribution < -0.4 is 0 Å². The van der Waals surface area contributed by atoms with Gasteiger partial charge in [0.15, 0.2) is 0 Å². The topological polar surface area (TPSA) is 51.5 Å². The number of aromatic nitrogens is 1. The lowest BCUT2D eigenvalue weighted by atomic mass is 9.96. The van der Waals surface area contributed by atoms with Crippen LogP contribution in [0.1, 0.15) is 58.2 Å². The lowest BCUT2D eigenvalue weighted by Crippen LogP contribution is -2.41. The van der Waals surface area contributed by atoms with Crippen molar-refractivity contribution in [3.63, 3.8) is 0 Å². The number of carbonyl (C=O) groups is 2. The van der Waals surface area contributed by atoms with Gasteiger partial charge >= 0.3 is 12.1 Å². The number of amides is 1. The van der Waals surface area contributed by atoms with Crippen LogP contribution in [0, 0.1) is 26.7 Å². The number of likely N-dealkylation sites (tertiary alicyclic amines) is 1. The van der Waals surface area contributed by atoms with E-state index in [1.807, 2.05) is 20.8 Å². The van der Waals surface area contributed by atoms with E-state index in [2.05, 4.69) is 0 Å². The van der Waals surface area contributed by atoms with Crippen molar-refractivity contribution in [2.24, 2.45) is 5.92 Å². The Bertz CT molecular complexity index is 1000. The quantitative estimate of drug-likeness (QED) is 0.609. The molecule has 1 aromatic heterocycles. The first-order valence-corrected chi connectivity index (χ1v) is 10.8. The van der Waals surface area contributed by atoms with Gasteiger partial charge < -0.3 is 14.2 Å². The van der Waals surface area contributed by atoms with Gasteiger partial charge in [-0.2, -0.15) is 13.2 Å². The highest BCUT2D eigenvalue weighted by molar-refractivity contribution is 5.95. The second-order valence-electron chi connectivity index (χ2n) is 8.29. The van der Waals surface area contributed by atoms with E-state index < -0.39 is 11.7 Å². The van der Waals surface area contributed by atoms with Gasteiger partial charge in [0.05, 0.1) is 18.1 Å². The van der Waals surface area contributed by atoms with Crippen LogP contribution in [0.25, 0.3) is 0 Å². The molecule has 0 bridgehead atoms. The maximum atomic E-state index is 13.4. The van der Waals surface area contributed by atoms with Crippen LogP contribution in [0.3, 0.4) is 0 Å². The van der Waals surface area contributed by atoms with Crippen LogP contribution in [-0.2, 0) is 22.3 Å². The van der Waals surface area contributed by atoms with E-state index in [0.717, 1.165) is 29.0 Å². The summed E-state index contributed by atoms with van der Waals surface area (Å²) in [6, 6.07) is 5.20. The first-order chi connectivity index (χ1) is 15.0. The molecule has 3 rings (SSSR count). The van der Waals surface area contributed by atoms with Gasteiger partial charge in [0.1, 0.15) is 5.69 Å². The summed E-state index contributed by atoms with van der Waals surface area (Å²) >= 11 is 0. The number of nitrogens with zero attached hydrogens (tertiary/aromatic N) is 2. The zero-order chi connectivity index (χ0) is 23.6. The molecule has 1 fully saturated rings. The highest BCUT2D eigenvalue weighted by atomic mass is 19.4. The summed E-state index contributed by atoms with van der Waals surface area (Å²) in [4.78, 5) is 27.1. The summed E-state index contributed by atoms with van der Waals surface area (Å²) in [6.07, 6.45) is -3.35. The Labute approximate surface area is 186 Å². The number of piperidine rings is 1. The molecule has 1 aromatic carbocycles. The summed E-state index contributed by atoms with van der Waals surface area (Å²) in [7, 11) is 0. The molecule has 0 saturated carbocycles. The molecule has 1 aliphatic heterocycles. The third-order valence-electron chi connectivity index (χ3n) is 6.33. The number of hydrogen-bond donors (Lipinski definition) is 0. The minimum absolute atomic E-state index is 0.159. The summed E-state index contributed by atoms with van der Waals surface area (Å²) in [5.74, 6) is -0.594. The molecule has 32 heavy (non-hydrogen) atoms. The highest BCUT2D eigenvalue weighted by Crippen LogP contribution is 2.31. The number of benzene rings is 1. The largest absolute Gasteiger partial charge is 0.466 e. The van der Waals surface area contributed by atoms with Gasteiger partial charge in [0, 0.05) is 25.3 Å². The molecule has 0 unspecified atom stereocenters. The fraction of sp³-hybridized carbons (Fsp3) is 0.500. The van der Waals surface area contributed by atoms with E-state index in [0.29, 0.717) is 43.8 Å². The van der Waals surface area contributed by atoms with Gasteiger partial charge in [-0.25, -0.2) is 0 Å². The zero-order valence-corrected chi connectivity index (χ0v) is 18.9. The molecule has 8 heteroatoms. The summed E-state index contributed by atoms with van der Waals surface area (Å²) in [5, 5.41) is 0. The van der Waals surface area contributed by atoms with Crippen LogP contribution in [-0.4, -0.2) is 41.0 Å². The second kappa shape index (κ2) is 9.38. The zero-order valence-electron chi connectivity index (χ0n) is 18.9. The van der Waals surface area contributed by atoms with Crippen molar-refractivity contribution in [2.45, 2.75) is 53.3 Å². The molecule has 1 saturated heterocycles. The molecular formula is C24H29F3N2O3. The third-order valence-corrected chi connectivity index (χ3v) is 6.33. The number of alkyl halides is 3. The van der Waals surface area contributed by atoms with E-state index >= 15 is 0 Å². The predicted octanol–water partition coefficient (Wildman–Crippen LogP) is 4.90. The van der Waals surface area contributed by atoms with E-state index in [-0.39, 0.29) is 24.3 Å². The van der Waals surface area contributed by atoms with Gasteiger partial charge in [-0.05, 0) is 69.4 Å². The molecule has 1 amide bonds. The Hall–Kier alpha value is -2.77. The average Bonchev–Trinajstić information content (AvgIpc) is 2.97. The Morgan fingerprint density at radius 3 is 2.34 bits per heavy atom. The van der Waals surface area contributed by atoms with Crippen LogP contribution in [0.15, 0.2) is 24.3 Å². The van der Waals surface area contributed by atoms with Crippen LogP contribution in [0.2, 0.25) is 0 Å². The van der Waals surface area contributed by atoms with Crippen molar-refractivity contribution < 1.29 is 27.5 Å². The molecule has 0 spiro atoms. The molecule has 0 N–H and O–H groups in total. The molecule has 2 aromatic rings. The first-order valence-electron chi connectivity index (χ1n) is 10.8. The molecular weight excluding hydrogens is 421 g/mol. The van der Waals surface area contributed by atoms with Crippen molar-refractivity contribution in [3.8, 4) is 0 Å². The number of rotatable bonds is 5. The highest BCUT2D eigenvalue weighted by Gasteiger charge is 2.32. The van der Waals surface area contributed by atoms with Crippen LogP contribution in [0.4, 0.5) is 13.2 Å². The molecule has 0 radical (unpaired) electrons. The molecule has 0 aliphatic carbocycles. The van der Waals surface area contributed by atoms with Crippen molar-refractivity contribution >= 4 is 11.9 Å². The average molecular weight is 451 g/mol. The van der Waals surface area contributed by atoms with Gasteiger partial charge in [-0.3, -0.25) is 9.59 Å². The monoisotopic (exact) mass is 450 g/mol. The van der Waals surface area contributed by atoms with Crippen LogP contribution >= 0.6 is 0 Å². The third kappa shape index (κ3) is 4.84. The minimum atomic E-state index is -4.42. The van der Waals surface area contributed by atoms with Crippen molar-refractivity contribution in [1.82, 2.24) is 9.47 Å². The van der Waals surface area contributed by atoms with Gasteiger partial charge in [-0.15, -0.1) is 0 Å². The first kappa shape index (κ1) is 23.9. The van der Waals surface area contributed by atoms with E-state index in [1.54, 1.807) is 22.5 Å². The molecule has 0 atom stereocenters. The van der Waals surface area contributed by atoms with E-state index in [9.17, 15) is 22.8 Å². The van der Waals surface area contributed by atoms with Crippen molar-refractivity contribution in [1.29, 1.82) is 0 Å². The molecule has 2 heterocycles. The number of halogens is 3. The smallest absolute Gasteiger partial charge is 0.416 e. The predicted molar refractivity (Wildman–Crippen MR) is 114 cm³/mol. The molecule has 174 valence electrons. The van der Waals surface area contributed by atoms with Gasteiger partial charge in [-0.1, -0.05) is 12.1 Å². The van der Waals surface area contributed by atoms with E-state index in [4.69, 9.17) is 4.74 Å². The Balaban J connectivity index is 1.85. The lowest BCUT2D eigenvalue weighted by molar-refractivity contribution is -0.149. The Morgan fingerprint density at radius 2 is 1.75 bits per heavy atom. The fourth-order valence-corrected chi connectivity index (χ4v) is 4.25. The number of esters is 1. The maximum absolute atomic E-state index is 13.4. The maximum Gasteiger partial charge on any atom is 0.416 e.